The first-order valence-electron chi connectivity index (χ1n) is 8.56. The van der Waals surface area contributed by atoms with Gasteiger partial charge in [-0.2, -0.15) is 0 Å². The molecule has 0 unspecified atom stereocenters. The lowest BCUT2D eigenvalue weighted by Gasteiger charge is -2.15. The van der Waals surface area contributed by atoms with Crippen molar-refractivity contribution in [2.75, 3.05) is 18.0 Å². The first kappa shape index (κ1) is 19.1. The highest BCUT2D eigenvalue weighted by molar-refractivity contribution is 5.98. The van der Waals surface area contributed by atoms with Crippen LogP contribution in [-0.2, 0) is 19.6 Å². The van der Waals surface area contributed by atoms with Crippen molar-refractivity contribution in [2.45, 2.75) is 19.6 Å². The van der Waals surface area contributed by atoms with Crippen molar-refractivity contribution in [3.05, 3.63) is 64.5 Å². The van der Waals surface area contributed by atoms with E-state index in [0.29, 0.717) is 25.3 Å². The summed E-state index contributed by atoms with van der Waals surface area (Å²) in [7, 11) is 0. The van der Waals surface area contributed by atoms with Crippen LogP contribution in [0.15, 0.2) is 36.4 Å². The van der Waals surface area contributed by atoms with Crippen molar-refractivity contribution >= 4 is 30.0 Å². The highest BCUT2D eigenvalue weighted by Crippen LogP contribution is 2.21. The lowest BCUT2D eigenvalue weighted by molar-refractivity contribution is 0.0947. The molecule has 1 fully saturated rings. The van der Waals surface area contributed by atoms with Crippen LogP contribution in [0.3, 0.4) is 0 Å². The first-order valence-corrected chi connectivity index (χ1v) is 8.56. The van der Waals surface area contributed by atoms with E-state index >= 15 is 0 Å². The maximum absolute atomic E-state index is 14.1. The molecule has 0 radical (unpaired) electrons. The molecule has 0 saturated carbocycles. The van der Waals surface area contributed by atoms with Crippen LogP contribution in [0.4, 0.5) is 14.9 Å². The number of carbonyl (C=O) groups excluding carboxylic acids is 2. The number of nitrogens with one attached hydrogen (secondary N) is 3. The minimum absolute atomic E-state index is 0. The molecule has 3 N–H and O–H groups in total. The van der Waals surface area contributed by atoms with E-state index in [2.05, 4.69) is 22.0 Å². The lowest BCUT2D eigenvalue weighted by Crippen LogP contribution is -2.29. The lowest BCUT2D eigenvalue weighted by atomic mass is 10.1. The van der Waals surface area contributed by atoms with Gasteiger partial charge in [-0.15, -0.1) is 12.4 Å². The van der Waals surface area contributed by atoms with Crippen molar-refractivity contribution in [2.24, 2.45) is 0 Å². The van der Waals surface area contributed by atoms with Crippen molar-refractivity contribution in [1.82, 2.24) is 16.0 Å². The smallest absolute Gasteiger partial charge is 0.321 e. The molecule has 2 aliphatic rings. The molecule has 0 spiro atoms. The summed E-state index contributed by atoms with van der Waals surface area (Å²) in [6, 6.07) is 9.97. The molecule has 2 aliphatic heterocycles. The molecule has 2 heterocycles. The summed E-state index contributed by atoms with van der Waals surface area (Å²) in [5.74, 6) is -1.11. The van der Waals surface area contributed by atoms with Gasteiger partial charge in [-0.05, 0) is 34.9 Å². The molecule has 1 saturated heterocycles. The Labute approximate surface area is 162 Å². The third-order valence-corrected chi connectivity index (χ3v) is 4.72. The molecule has 0 atom stereocenters. The Hall–Kier alpha value is -2.64. The normalized spacial score (nSPS) is 15.1. The van der Waals surface area contributed by atoms with Crippen LogP contribution in [0.25, 0.3) is 0 Å². The van der Waals surface area contributed by atoms with Gasteiger partial charge in [0, 0.05) is 38.4 Å². The van der Waals surface area contributed by atoms with Crippen molar-refractivity contribution in [3.8, 4) is 0 Å². The SMILES string of the molecule is Cl.O=C(NCc1ccc2c(c1)CNC2)c1cc(N2CCNC2=O)ccc1F. The number of nitrogens with zero attached hydrogens (tertiary/aromatic N) is 1. The number of fused-ring (bicyclic) bond motifs is 1. The summed E-state index contributed by atoms with van der Waals surface area (Å²) in [6.45, 7) is 3.04. The van der Waals surface area contributed by atoms with Crippen LogP contribution in [0, 0.1) is 5.82 Å². The zero-order chi connectivity index (χ0) is 18.1. The number of hydrogen-bond acceptors (Lipinski definition) is 3. The number of amides is 3. The van der Waals surface area contributed by atoms with E-state index in [1.165, 1.54) is 34.2 Å². The molecular weight excluding hydrogens is 371 g/mol. The maximum atomic E-state index is 14.1. The summed E-state index contributed by atoms with van der Waals surface area (Å²) in [5, 5.41) is 8.72. The molecule has 0 bridgehead atoms. The molecule has 3 amide bonds. The molecule has 4 rings (SSSR count). The summed E-state index contributed by atoms with van der Waals surface area (Å²) < 4.78 is 14.1. The van der Waals surface area contributed by atoms with E-state index in [1.807, 2.05) is 12.1 Å². The third-order valence-electron chi connectivity index (χ3n) is 4.72. The van der Waals surface area contributed by atoms with Crippen LogP contribution in [0.1, 0.15) is 27.0 Å². The van der Waals surface area contributed by atoms with Gasteiger partial charge >= 0.3 is 6.03 Å². The Morgan fingerprint density at radius 3 is 2.74 bits per heavy atom. The van der Waals surface area contributed by atoms with Crippen LogP contribution in [-0.4, -0.2) is 25.0 Å². The van der Waals surface area contributed by atoms with Crippen LogP contribution < -0.4 is 20.9 Å². The number of urea groups is 1. The highest BCUT2D eigenvalue weighted by atomic mass is 35.5. The number of hydrogen-bond donors (Lipinski definition) is 3. The molecule has 142 valence electrons. The van der Waals surface area contributed by atoms with Gasteiger partial charge in [0.05, 0.1) is 5.56 Å². The summed E-state index contributed by atoms with van der Waals surface area (Å²) in [4.78, 5) is 25.7. The Morgan fingerprint density at radius 1 is 1.15 bits per heavy atom. The first-order chi connectivity index (χ1) is 12.6. The third kappa shape index (κ3) is 3.89. The predicted molar refractivity (Wildman–Crippen MR) is 103 cm³/mol. The quantitative estimate of drug-likeness (QED) is 0.750. The fourth-order valence-electron chi connectivity index (χ4n) is 3.31. The van der Waals surface area contributed by atoms with E-state index in [4.69, 9.17) is 0 Å². The van der Waals surface area contributed by atoms with Gasteiger partial charge in [0.1, 0.15) is 5.82 Å². The Kier molecular flexibility index (Phi) is 5.62. The van der Waals surface area contributed by atoms with Crippen molar-refractivity contribution in [1.29, 1.82) is 0 Å². The zero-order valence-corrected chi connectivity index (χ0v) is 15.4. The fourth-order valence-corrected chi connectivity index (χ4v) is 3.31. The Morgan fingerprint density at radius 2 is 1.96 bits per heavy atom. The monoisotopic (exact) mass is 390 g/mol. The van der Waals surface area contributed by atoms with Crippen LogP contribution in [0.5, 0.6) is 0 Å². The molecule has 2 aromatic carbocycles. The van der Waals surface area contributed by atoms with Gasteiger partial charge in [0.2, 0.25) is 0 Å². The number of benzene rings is 2. The topological polar surface area (TPSA) is 73.5 Å². The largest absolute Gasteiger partial charge is 0.348 e. The summed E-state index contributed by atoms with van der Waals surface area (Å²) in [6.07, 6.45) is 0. The average molecular weight is 391 g/mol. The van der Waals surface area contributed by atoms with Gasteiger partial charge in [0.25, 0.3) is 5.91 Å². The summed E-state index contributed by atoms with van der Waals surface area (Å²) >= 11 is 0. The fraction of sp³-hybridized carbons (Fsp3) is 0.263. The second-order valence-corrected chi connectivity index (χ2v) is 6.44. The zero-order valence-electron chi connectivity index (χ0n) is 14.5. The standard InChI is InChI=1S/C19H19FN4O2.ClH/c20-17-4-3-15(24-6-5-22-19(24)26)8-16(17)18(25)23-9-12-1-2-13-10-21-11-14(13)7-12;/h1-4,7-8,21H,5-6,9-11H2,(H,22,26)(H,23,25);1H. The summed E-state index contributed by atoms with van der Waals surface area (Å²) in [5.41, 5.74) is 3.91. The van der Waals surface area contributed by atoms with E-state index in [9.17, 15) is 14.0 Å². The number of anilines is 1. The Bertz CT molecular complexity index is 890. The van der Waals surface area contributed by atoms with E-state index in [-0.39, 0.29) is 24.0 Å². The molecule has 8 heteroatoms. The van der Waals surface area contributed by atoms with Crippen LogP contribution in [0.2, 0.25) is 0 Å². The van der Waals surface area contributed by atoms with Gasteiger partial charge in [-0.25, -0.2) is 9.18 Å². The average Bonchev–Trinajstić information content (AvgIpc) is 3.28. The second-order valence-electron chi connectivity index (χ2n) is 6.44. The molecule has 27 heavy (non-hydrogen) atoms. The minimum Gasteiger partial charge on any atom is -0.348 e. The molecule has 0 aromatic heterocycles. The van der Waals surface area contributed by atoms with Crippen molar-refractivity contribution in [3.63, 3.8) is 0 Å². The maximum Gasteiger partial charge on any atom is 0.321 e. The van der Waals surface area contributed by atoms with Gasteiger partial charge in [-0.3, -0.25) is 9.69 Å². The molecule has 0 aliphatic carbocycles. The molecule has 6 nitrogen and oxygen atoms in total. The van der Waals surface area contributed by atoms with Crippen LogP contribution >= 0.6 is 12.4 Å². The number of rotatable bonds is 4. The van der Waals surface area contributed by atoms with Gasteiger partial charge in [0.15, 0.2) is 0 Å². The molecule has 2 aromatic rings. The Balaban J connectivity index is 0.00000210. The van der Waals surface area contributed by atoms with E-state index in [0.717, 1.165) is 18.7 Å². The molecular formula is C19H20ClFN4O2. The number of halogens is 2. The number of carbonyl (C=O) groups is 2. The van der Waals surface area contributed by atoms with Gasteiger partial charge in [-0.1, -0.05) is 18.2 Å². The van der Waals surface area contributed by atoms with Gasteiger partial charge < -0.3 is 16.0 Å². The van der Waals surface area contributed by atoms with E-state index in [1.54, 1.807) is 0 Å². The predicted octanol–water partition coefficient (Wildman–Crippen LogP) is 2.31. The van der Waals surface area contributed by atoms with Crippen molar-refractivity contribution < 1.29 is 14.0 Å². The minimum atomic E-state index is -0.607. The van der Waals surface area contributed by atoms with E-state index < -0.39 is 11.7 Å². The highest BCUT2D eigenvalue weighted by Gasteiger charge is 2.23. The second kappa shape index (κ2) is 7.94.